The van der Waals surface area contributed by atoms with Crippen LogP contribution in [-0.2, 0) is 6.42 Å². The summed E-state index contributed by atoms with van der Waals surface area (Å²) in [7, 11) is 4.23. The predicted molar refractivity (Wildman–Crippen MR) is 111 cm³/mol. The van der Waals surface area contributed by atoms with Crippen LogP contribution in [0.4, 0.5) is 0 Å². The molecule has 1 N–H and O–H groups in total. The van der Waals surface area contributed by atoms with Crippen LogP contribution in [0.25, 0.3) is 21.5 Å². The summed E-state index contributed by atoms with van der Waals surface area (Å²) in [5, 5.41) is 4.54. The van der Waals surface area contributed by atoms with Gasteiger partial charge < -0.3 is 9.88 Å². The van der Waals surface area contributed by atoms with Gasteiger partial charge in [0.05, 0.1) is 5.69 Å². The number of aromatic nitrogens is 2. The van der Waals surface area contributed by atoms with Crippen LogP contribution in [0.15, 0.2) is 60.1 Å². The Morgan fingerprint density at radius 1 is 1.12 bits per heavy atom. The lowest BCUT2D eigenvalue weighted by molar-refractivity contribution is 0.323. The molecule has 3 nitrogen and oxygen atoms in total. The number of benzene rings is 2. The predicted octanol–water partition coefficient (Wildman–Crippen LogP) is 5.50. The van der Waals surface area contributed by atoms with Crippen molar-refractivity contribution in [3.05, 3.63) is 76.9 Å². The quantitative estimate of drug-likeness (QED) is 0.509. The molecule has 0 amide bonds. The van der Waals surface area contributed by atoms with Gasteiger partial charge in [-0.3, -0.25) is 0 Å². The molecule has 0 aliphatic rings. The molecule has 0 aliphatic heterocycles. The molecule has 2 heterocycles. The molecule has 132 valence electrons. The monoisotopic (exact) mass is 361 g/mol. The van der Waals surface area contributed by atoms with Crippen molar-refractivity contribution >= 4 is 22.2 Å². The number of thiazole rings is 1. The summed E-state index contributed by atoms with van der Waals surface area (Å²) < 4.78 is 0. The molecule has 4 rings (SSSR count). The molecular weight excluding hydrogens is 338 g/mol. The van der Waals surface area contributed by atoms with Crippen LogP contribution in [0.2, 0.25) is 0 Å². The Labute approximate surface area is 158 Å². The minimum atomic E-state index is 0.365. The highest BCUT2D eigenvalue weighted by Gasteiger charge is 2.14. The fourth-order valence-corrected chi connectivity index (χ4v) is 4.04. The molecule has 4 aromatic rings. The van der Waals surface area contributed by atoms with E-state index in [1.807, 2.05) is 6.07 Å². The summed E-state index contributed by atoms with van der Waals surface area (Å²) in [5.41, 5.74) is 6.12. The van der Waals surface area contributed by atoms with Gasteiger partial charge in [0.15, 0.2) is 0 Å². The molecule has 0 aliphatic carbocycles. The normalized spacial score (nSPS) is 12.8. The van der Waals surface area contributed by atoms with E-state index in [9.17, 15) is 0 Å². The molecule has 1 unspecified atom stereocenters. The average molecular weight is 362 g/mol. The van der Waals surface area contributed by atoms with Gasteiger partial charge in [-0.15, -0.1) is 11.3 Å². The van der Waals surface area contributed by atoms with Crippen molar-refractivity contribution in [3.63, 3.8) is 0 Å². The zero-order valence-electron chi connectivity index (χ0n) is 15.4. The van der Waals surface area contributed by atoms with E-state index in [0.29, 0.717) is 6.04 Å². The molecule has 26 heavy (non-hydrogen) atoms. The number of nitrogens with one attached hydrogen (secondary N) is 1. The maximum Gasteiger partial charge on any atom is 0.123 e. The summed E-state index contributed by atoms with van der Waals surface area (Å²) in [6.45, 7) is 2.23. The summed E-state index contributed by atoms with van der Waals surface area (Å²) >= 11 is 1.72. The molecule has 0 fully saturated rings. The maximum atomic E-state index is 4.87. The van der Waals surface area contributed by atoms with E-state index in [1.54, 1.807) is 11.3 Å². The lowest BCUT2D eigenvalue weighted by Crippen LogP contribution is -2.16. The van der Waals surface area contributed by atoms with Crippen molar-refractivity contribution < 1.29 is 0 Å². The Hall–Kier alpha value is -2.43. The average Bonchev–Trinajstić information content (AvgIpc) is 3.28. The lowest BCUT2D eigenvalue weighted by Gasteiger charge is -2.19. The zero-order chi connectivity index (χ0) is 18.1. The highest BCUT2D eigenvalue weighted by atomic mass is 32.1. The van der Waals surface area contributed by atoms with Crippen LogP contribution in [-0.4, -0.2) is 29.0 Å². The van der Waals surface area contributed by atoms with E-state index in [2.05, 4.69) is 84.9 Å². The zero-order valence-corrected chi connectivity index (χ0v) is 16.2. The molecule has 4 heteroatoms. The van der Waals surface area contributed by atoms with Crippen LogP contribution in [0.5, 0.6) is 0 Å². The number of fused-ring (bicyclic) bond motifs is 1. The fourth-order valence-electron chi connectivity index (χ4n) is 3.22. The summed E-state index contributed by atoms with van der Waals surface area (Å²) in [4.78, 5) is 10.5. The Morgan fingerprint density at radius 3 is 2.69 bits per heavy atom. The van der Waals surface area contributed by atoms with E-state index >= 15 is 0 Å². The lowest BCUT2D eigenvalue weighted by atomic mass is 10.0. The van der Waals surface area contributed by atoms with Gasteiger partial charge in [-0.1, -0.05) is 30.3 Å². The van der Waals surface area contributed by atoms with Gasteiger partial charge in [0, 0.05) is 40.5 Å². The first-order valence-electron chi connectivity index (χ1n) is 8.88. The number of hydrogen-bond donors (Lipinski definition) is 1. The van der Waals surface area contributed by atoms with Gasteiger partial charge in [0.1, 0.15) is 5.01 Å². The van der Waals surface area contributed by atoms with Crippen molar-refractivity contribution in [3.8, 4) is 10.6 Å². The van der Waals surface area contributed by atoms with Gasteiger partial charge in [0.2, 0.25) is 0 Å². The number of nitrogens with zero attached hydrogens (tertiary/aromatic N) is 2. The maximum absolute atomic E-state index is 4.87. The second-order valence-corrected chi connectivity index (χ2v) is 7.81. The third-order valence-electron chi connectivity index (χ3n) is 4.97. The van der Waals surface area contributed by atoms with Crippen molar-refractivity contribution in [1.29, 1.82) is 0 Å². The van der Waals surface area contributed by atoms with Crippen molar-refractivity contribution in [1.82, 2.24) is 14.9 Å². The SMILES string of the molecule is CC(c1c[nH]c2ccc(-c3nc(Cc4ccccc4)cs3)cc12)N(C)C. The molecule has 0 saturated heterocycles. The van der Waals surface area contributed by atoms with Gasteiger partial charge >= 0.3 is 0 Å². The first-order valence-corrected chi connectivity index (χ1v) is 9.76. The first kappa shape index (κ1) is 17.0. The van der Waals surface area contributed by atoms with Crippen molar-refractivity contribution in [2.75, 3.05) is 14.1 Å². The Kier molecular flexibility index (Phi) is 4.62. The highest BCUT2D eigenvalue weighted by Crippen LogP contribution is 2.32. The minimum absolute atomic E-state index is 0.365. The summed E-state index contributed by atoms with van der Waals surface area (Å²) in [5.74, 6) is 0. The Bertz CT molecular complexity index is 1010. The van der Waals surface area contributed by atoms with Crippen LogP contribution in [0.3, 0.4) is 0 Å². The molecule has 0 saturated carbocycles. The standard InChI is InChI=1S/C22H23N3S/c1-15(25(2)3)20-13-23-21-10-9-17(12-19(20)21)22-24-18(14-26-22)11-16-7-5-4-6-8-16/h4-10,12-15,23H,11H2,1-3H3. The first-order chi connectivity index (χ1) is 12.6. The van der Waals surface area contributed by atoms with Crippen LogP contribution >= 0.6 is 11.3 Å². The van der Waals surface area contributed by atoms with Crippen LogP contribution in [0, 0.1) is 0 Å². The fraction of sp³-hybridized carbons (Fsp3) is 0.227. The topological polar surface area (TPSA) is 31.9 Å². The van der Waals surface area contributed by atoms with E-state index in [4.69, 9.17) is 4.98 Å². The number of rotatable bonds is 5. The third kappa shape index (κ3) is 3.30. The van der Waals surface area contributed by atoms with Gasteiger partial charge in [-0.25, -0.2) is 4.98 Å². The van der Waals surface area contributed by atoms with Crippen molar-refractivity contribution in [2.45, 2.75) is 19.4 Å². The van der Waals surface area contributed by atoms with E-state index in [-0.39, 0.29) is 0 Å². The van der Waals surface area contributed by atoms with E-state index < -0.39 is 0 Å². The molecule has 2 aromatic heterocycles. The number of aromatic amines is 1. The largest absolute Gasteiger partial charge is 0.361 e. The molecular formula is C22H23N3S. The van der Waals surface area contributed by atoms with E-state index in [0.717, 1.165) is 17.1 Å². The number of hydrogen-bond acceptors (Lipinski definition) is 3. The summed E-state index contributed by atoms with van der Waals surface area (Å²) in [6.07, 6.45) is 3.01. The molecule has 0 bridgehead atoms. The van der Waals surface area contributed by atoms with Crippen LogP contribution < -0.4 is 0 Å². The smallest absolute Gasteiger partial charge is 0.123 e. The Balaban J connectivity index is 1.66. The van der Waals surface area contributed by atoms with Crippen LogP contribution in [0.1, 0.15) is 29.8 Å². The number of H-pyrrole nitrogens is 1. The molecule has 2 aromatic carbocycles. The van der Waals surface area contributed by atoms with E-state index in [1.165, 1.54) is 27.6 Å². The molecule has 0 spiro atoms. The second-order valence-electron chi connectivity index (χ2n) is 6.95. The second kappa shape index (κ2) is 7.06. The van der Waals surface area contributed by atoms with Gasteiger partial charge in [0.25, 0.3) is 0 Å². The van der Waals surface area contributed by atoms with Gasteiger partial charge in [-0.05, 0) is 50.3 Å². The Morgan fingerprint density at radius 2 is 1.92 bits per heavy atom. The van der Waals surface area contributed by atoms with Crippen molar-refractivity contribution in [2.24, 2.45) is 0 Å². The van der Waals surface area contributed by atoms with Gasteiger partial charge in [-0.2, -0.15) is 0 Å². The molecule has 1 atom stereocenters. The summed E-state index contributed by atoms with van der Waals surface area (Å²) in [6, 6.07) is 17.5. The highest BCUT2D eigenvalue weighted by molar-refractivity contribution is 7.13. The third-order valence-corrected chi connectivity index (χ3v) is 5.91. The molecule has 0 radical (unpaired) electrons. The minimum Gasteiger partial charge on any atom is -0.361 e.